The number of hydrogen-bond acceptors (Lipinski definition) is 2. The first-order chi connectivity index (χ1) is 8.25. The van der Waals surface area contributed by atoms with Crippen LogP contribution in [0.2, 0.25) is 0 Å². The minimum atomic E-state index is 0.141. The lowest BCUT2D eigenvalue weighted by Crippen LogP contribution is -2.18. The molecule has 2 heterocycles. The lowest BCUT2D eigenvalue weighted by atomic mass is 10.0. The van der Waals surface area contributed by atoms with Crippen LogP contribution in [0.1, 0.15) is 12.6 Å². The van der Waals surface area contributed by atoms with Crippen molar-refractivity contribution in [1.29, 1.82) is 0 Å². The van der Waals surface area contributed by atoms with Gasteiger partial charge in [-0.1, -0.05) is 12.1 Å². The molecule has 3 heteroatoms. The van der Waals surface area contributed by atoms with Gasteiger partial charge < -0.3 is 10.7 Å². The molecule has 0 spiro atoms. The maximum atomic E-state index is 5.89. The number of aromatic amines is 1. The standard InChI is InChI=1S/C14H15N3/c1-9(15)8-12-13-10(4-6-16-12)2-3-11-5-7-17-14(11)13/h2-7,9,16H,8,15H2,1H3/t9-/m0/s1. The van der Waals surface area contributed by atoms with Crippen molar-refractivity contribution >= 4 is 21.7 Å². The molecule has 0 unspecified atom stereocenters. The SMILES string of the molecule is C[C@H](N)Cc1[nH]ccc2ccc3ccnc3c12. The summed E-state index contributed by atoms with van der Waals surface area (Å²) in [6, 6.07) is 8.51. The number of aromatic nitrogens is 2. The molecule has 0 saturated heterocycles. The molecule has 0 bridgehead atoms. The Hall–Kier alpha value is -1.87. The summed E-state index contributed by atoms with van der Waals surface area (Å²) in [7, 11) is 0. The molecule has 86 valence electrons. The van der Waals surface area contributed by atoms with Gasteiger partial charge in [-0.15, -0.1) is 0 Å². The van der Waals surface area contributed by atoms with E-state index in [2.05, 4.69) is 28.2 Å². The maximum Gasteiger partial charge on any atom is 0.0798 e. The third kappa shape index (κ3) is 1.68. The Morgan fingerprint density at radius 1 is 1.24 bits per heavy atom. The topological polar surface area (TPSA) is 54.7 Å². The van der Waals surface area contributed by atoms with Crippen molar-refractivity contribution in [2.24, 2.45) is 5.73 Å². The molecule has 0 fully saturated rings. The van der Waals surface area contributed by atoms with E-state index in [4.69, 9.17) is 5.73 Å². The molecule has 3 nitrogen and oxygen atoms in total. The van der Waals surface area contributed by atoms with Crippen LogP contribution >= 0.6 is 0 Å². The molecule has 3 N–H and O–H groups in total. The molecule has 0 amide bonds. The Balaban J connectivity index is 2.37. The monoisotopic (exact) mass is 225 g/mol. The lowest BCUT2D eigenvalue weighted by molar-refractivity contribution is 0.727. The normalized spacial score (nSPS) is 13.3. The molecule has 2 aromatic heterocycles. The molecule has 1 atom stereocenters. The Bertz CT molecular complexity index is 667. The van der Waals surface area contributed by atoms with Gasteiger partial charge in [-0.3, -0.25) is 4.98 Å². The van der Waals surface area contributed by atoms with Crippen LogP contribution in [0, 0.1) is 0 Å². The molecule has 0 aliphatic rings. The summed E-state index contributed by atoms with van der Waals surface area (Å²) in [5, 5.41) is 3.60. The average Bonchev–Trinajstić information content (AvgIpc) is 2.76. The van der Waals surface area contributed by atoms with Gasteiger partial charge in [0.05, 0.1) is 5.52 Å². The fraction of sp³-hybridized carbons (Fsp3) is 0.214. The number of H-pyrrole nitrogens is 1. The van der Waals surface area contributed by atoms with Gasteiger partial charge in [0.15, 0.2) is 0 Å². The van der Waals surface area contributed by atoms with Gasteiger partial charge in [0.1, 0.15) is 0 Å². The smallest absolute Gasteiger partial charge is 0.0798 e. The molecule has 0 saturated carbocycles. The summed E-state index contributed by atoms with van der Waals surface area (Å²) >= 11 is 0. The van der Waals surface area contributed by atoms with E-state index in [-0.39, 0.29) is 6.04 Å². The minimum Gasteiger partial charge on any atom is -0.364 e. The van der Waals surface area contributed by atoms with Crippen LogP contribution in [0.4, 0.5) is 0 Å². The van der Waals surface area contributed by atoms with Crippen molar-refractivity contribution in [2.75, 3.05) is 0 Å². The number of rotatable bonds is 2. The summed E-state index contributed by atoms with van der Waals surface area (Å²) in [4.78, 5) is 7.76. The highest BCUT2D eigenvalue weighted by Gasteiger charge is 2.08. The Morgan fingerprint density at radius 2 is 2.06 bits per heavy atom. The van der Waals surface area contributed by atoms with E-state index in [1.54, 1.807) is 0 Å². The van der Waals surface area contributed by atoms with Gasteiger partial charge in [0, 0.05) is 41.3 Å². The fourth-order valence-electron chi connectivity index (χ4n) is 2.33. The zero-order valence-electron chi connectivity index (χ0n) is 9.77. The van der Waals surface area contributed by atoms with E-state index in [1.807, 2.05) is 25.4 Å². The van der Waals surface area contributed by atoms with Crippen molar-refractivity contribution in [3.8, 4) is 0 Å². The van der Waals surface area contributed by atoms with Crippen molar-refractivity contribution in [3.05, 3.63) is 42.4 Å². The van der Waals surface area contributed by atoms with Crippen LogP contribution < -0.4 is 5.73 Å². The first-order valence-electron chi connectivity index (χ1n) is 5.85. The van der Waals surface area contributed by atoms with E-state index in [0.717, 1.165) is 11.9 Å². The molecule has 1 aromatic carbocycles. The Kier molecular flexibility index (Phi) is 2.34. The number of nitrogens with zero attached hydrogens (tertiary/aromatic N) is 1. The minimum absolute atomic E-state index is 0.141. The molecule has 0 radical (unpaired) electrons. The predicted octanol–water partition coefficient (Wildman–Crippen LogP) is 2.61. The number of pyridine rings is 1. The Morgan fingerprint density at radius 3 is 2.88 bits per heavy atom. The summed E-state index contributed by atoms with van der Waals surface area (Å²) < 4.78 is 0. The van der Waals surface area contributed by atoms with E-state index in [1.165, 1.54) is 21.9 Å². The zero-order chi connectivity index (χ0) is 11.8. The average molecular weight is 225 g/mol. The van der Waals surface area contributed by atoms with E-state index < -0.39 is 0 Å². The van der Waals surface area contributed by atoms with Gasteiger partial charge in [0.2, 0.25) is 0 Å². The van der Waals surface area contributed by atoms with Gasteiger partial charge in [-0.25, -0.2) is 0 Å². The van der Waals surface area contributed by atoms with E-state index >= 15 is 0 Å². The lowest BCUT2D eigenvalue weighted by Gasteiger charge is -2.10. The van der Waals surface area contributed by atoms with Crippen molar-refractivity contribution in [2.45, 2.75) is 19.4 Å². The first-order valence-corrected chi connectivity index (χ1v) is 5.85. The van der Waals surface area contributed by atoms with Crippen LogP contribution in [0.5, 0.6) is 0 Å². The molecule has 17 heavy (non-hydrogen) atoms. The van der Waals surface area contributed by atoms with E-state index in [9.17, 15) is 0 Å². The molecule has 3 aromatic rings. The van der Waals surface area contributed by atoms with Gasteiger partial charge in [0.25, 0.3) is 0 Å². The zero-order valence-corrected chi connectivity index (χ0v) is 9.77. The third-order valence-corrected chi connectivity index (χ3v) is 3.05. The fourth-order valence-corrected chi connectivity index (χ4v) is 2.33. The van der Waals surface area contributed by atoms with E-state index in [0.29, 0.717) is 0 Å². The van der Waals surface area contributed by atoms with Crippen LogP contribution in [0.3, 0.4) is 0 Å². The summed E-state index contributed by atoms with van der Waals surface area (Å²) in [5.74, 6) is 0. The Labute approximate surface area is 99.7 Å². The number of nitrogens with one attached hydrogen (secondary N) is 1. The quantitative estimate of drug-likeness (QED) is 0.704. The maximum absolute atomic E-state index is 5.89. The summed E-state index contributed by atoms with van der Waals surface area (Å²) in [6.07, 6.45) is 4.66. The van der Waals surface area contributed by atoms with Crippen molar-refractivity contribution in [1.82, 2.24) is 9.97 Å². The third-order valence-electron chi connectivity index (χ3n) is 3.05. The van der Waals surface area contributed by atoms with Crippen LogP contribution in [0.15, 0.2) is 36.7 Å². The second-order valence-corrected chi connectivity index (χ2v) is 4.55. The second-order valence-electron chi connectivity index (χ2n) is 4.55. The molecular formula is C14H15N3. The van der Waals surface area contributed by atoms with Gasteiger partial charge >= 0.3 is 0 Å². The second kappa shape index (κ2) is 3.86. The summed E-state index contributed by atoms with van der Waals surface area (Å²) in [5.41, 5.74) is 8.13. The highest BCUT2D eigenvalue weighted by molar-refractivity contribution is 6.06. The molecular weight excluding hydrogens is 210 g/mol. The summed E-state index contributed by atoms with van der Waals surface area (Å²) in [6.45, 7) is 2.02. The highest BCUT2D eigenvalue weighted by Crippen LogP contribution is 2.26. The van der Waals surface area contributed by atoms with Crippen molar-refractivity contribution < 1.29 is 0 Å². The first kappa shape index (κ1) is 10.3. The van der Waals surface area contributed by atoms with Crippen LogP contribution in [-0.4, -0.2) is 16.0 Å². The highest BCUT2D eigenvalue weighted by atomic mass is 14.7. The molecule has 3 rings (SSSR count). The number of benzene rings is 1. The van der Waals surface area contributed by atoms with Crippen LogP contribution in [0.25, 0.3) is 21.7 Å². The predicted molar refractivity (Wildman–Crippen MR) is 71.0 cm³/mol. The van der Waals surface area contributed by atoms with Gasteiger partial charge in [-0.05, 0) is 24.4 Å². The number of hydrogen-bond donors (Lipinski definition) is 2. The van der Waals surface area contributed by atoms with Crippen molar-refractivity contribution in [3.63, 3.8) is 0 Å². The largest absolute Gasteiger partial charge is 0.364 e. The van der Waals surface area contributed by atoms with Crippen LogP contribution in [-0.2, 0) is 6.42 Å². The molecule has 0 aliphatic heterocycles. The number of nitrogens with two attached hydrogens (primary N) is 1. The molecule has 0 aliphatic carbocycles. The number of fused-ring (bicyclic) bond motifs is 3. The van der Waals surface area contributed by atoms with Gasteiger partial charge in [-0.2, -0.15) is 0 Å².